The number of carbonyl (C=O) groups excluding carboxylic acids is 1. The molecular weight excluding hydrogens is 672 g/mol. The van der Waals surface area contributed by atoms with Gasteiger partial charge in [0, 0.05) is 11.1 Å². The molecule has 16 heteroatoms. The van der Waals surface area contributed by atoms with E-state index < -0.39 is 73.1 Å². The van der Waals surface area contributed by atoms with Crippen molar-refractivity contribution in [1.29, 1.82) is 0 Å². The zero-order valence-electron chi connectivity index (χ0n) is 25.6. The Morgan fingerprint density at radius 1 is 1.17 bits per heavy atom. The maximum absolute atomic E-state index is 14.6. The Morgan fingerprint density at radius 3 is 2.46 bits per heavy atom. The van der Waals surface area contributed by atoms with E-state index in [9.17, 15) is 36.0 Å². The number of sulfone groups is 1. The van der Waals surface area contributed by atoms with Crippen LogP contribution in [0.15, 0.2) is 38.8 Å². The van der Waals surface area contributed by atoms with E-state index in [2.05, 4.69) is 15.6 Å². The van der Waals surface area contributed by atoms with E-state index in [0.29, 0.717) is 23.6 Å². The molecule has 1 amide bonds. The van der Waals surface area contributed by atoms with E-state index in [0.717, 1.165) is 13.0 Å². The molecule has 4 rings (SSSR count). The van der Waals surface area contributed by atoms with Gasteiger partial charge in [-0.3, -0.25) is 9.36 Å². The number of nitrogens with one attached hydrogen (secondary N) is 3. The molecule has 1 aliphatic heterocycles. The molecule has 1 saturated heterocycles. The first-order chi connectivity index (χ1) is 21.3. The fraction of sp³-hybridized carbons (Fsp3) is 0.500. The molecule has 2 heterocycles. The molecule has 10 nitrogen and oxygen atoms in total. The van der Waals surface area contributed by atoms with Crippen LogP contribution in [0, 0.1) is 5.92 Å². The summed E-state index contributed by atoms with van der Waals surface area (Å²) in [6.45, 7) is 6.94. The van der Waals surface area contributed by atoms with Crippen LogP contribution in [-0.2, 0) is 33.7 Å². The summed E-state index contributed by atoms with van der Waals surface area (Å²) in [5.41, 5.74) is -4.92. The first kappa shape index (κ1) is 35.8. The smallest absolute Gasteiger partial charge is 0.416 e. The van der Waals surface area contributed by atoms with Gasteiger partial charge in [0.05, 0.1) is 38.7 Å². The quantitative estimate of drug-likeness (QED) is 0.289. The predicted octanol–water partition coefficient (Wildman–Crippen LogP) is 5.29. The number of hydrogen-bond donors (Lipinski definition) is 3. The van der Waals surface area contributed by atoms with Gasteiger partial charge in [0.1, 0.15) is 5.60 Å². The highest BCUT2D eigenvalue weighted by Crippen LogP contribution is 2.39. The molecule has 1 aromatic heterocycles. The molecule has 2 atom stereocenters. The summed E-state index contributed by atoms with van der Waals surface area (Å²) < 4.78 is 75.2. The number of aromatic amines is 1. The van der Waals surface area contributed by atoms with Gasteiger partial charge in [0.15, 0.2) is 9.84 Å². The number of carbonyl (C=O) groups is 1. The standard InChI is InChI=1S/C30H35Cl2F3N4O6S/c1-5-46(43,44)23-9-8-18(31)11-17(23)15-39-26(40)20-12-21(30(33,34)35)19(24(32)25(20)38-27(39)41)13-22(16-7-6-10-36-14-16)37-28(42)45-29(2,3)4/h8-9,11-12,16,22,36H,5-7,10,13-15H2,1-4H3,(H,37,42)(H,38,41)/t16?,22-/m1/s1. The first-order valence-electron chi connectivity index (χ1n) is 14.6. The Bertz CT molecular complexity index is 1860. The van der Waals surface area contributed by atoms with Gasteiger partial charge in [0.25, 0.3) is 5.56 Å². The van der Waals surface area contributed by atoms with Crippen molar-refractivity contribution >= 4 is 50.0 Å². The second-order valence-electron chi connectivity index (χ2n) is 12.2. The zero-order chi connectivity index (χ0) is 34.2. The van der Waals surface area contributed by atoms with Crippen LogP contribution in [0.2, 0.25) is 10.0 Å². The van der Waals surface area contributed by atoms with Gasteiger partial charge in [-0.15, -0.1) is 0 Å². The largest absolute Gasteiger partial charge is 0.444 e. The first-order valence-corrected chi connectivity index (χ1v) is 17.0. The number of alkyl carbamates (subject to hydrolysis) is 1. The summed E-state index contributed by atoms with van der Waals surface area (Å²) >= 11 is 12.7. The number of fused-ring (bicyclic) bond motifs is 1. The van der Waals surface area contributed by atoms with Crippen molar-refractivity contribution in [2.45, 2.75) is 76.2 Å². The lowest BCUT2D eigenvalue weighted by Gasteiger charge is -2.33. The summed E-state index contributed by atoms with van der Waals surface area (Å²) in [6, 6.07) is 3.64. The van der Waals surface area contributed by atoms with Crippen molar-refractivity contribution in [3.63, 3.8) is 0 Å². The highest BCUT2D eigenvalue weighted by Gasteiger charge is 2.38. The highest BCUT2D eigenvalue weighted by atomic mass is 35.5. The van der Waals surface area contributed by atoms with E-state index in [1.54, 1.807) is 20.8 Å². The van der Waals surface area contributed by atoms with Crippen LogP contribution in [0.4, 0.5) is 18.0 Å². The van der Waals surface area contributed by atoms with Gasteiger partial charge < -0.3 is 20.4 Å². The van der Waals surface area contributed by atoms with Crippen molar-refractivity contribution < 1.29 is 31.1 Å². The van der Waals surface area contributed by atoms with E-state index in [1.165, 1.54) is 25.1 Å². The molecule has 46 heavy (non-hydrogen) atoms. The molecule has 0 aliphatic carbocycles. The minimum atomic E-state index is -4.98. The Balaban J connectivity index is 1.86. The van der Waals surface area contributed by atoms with Crippen LogP contribution in [0.5, 0.6) is 0 Å². The van der Waals surface area contributed by atoms with Gasteiger partial charge in [-0.05, 0) is 94.4 Å². The Kier molecular flexibility index (Phi) is 10.6. The number of alkyl halides is 3. The minimum absolute atomic E-state index is 0.0113. The van der Waals surface area contributed by atoms with Crippen molar-refractivity contribution in [2.24, 2.45) is 5.92 Å². The Hall–Kier alpha value is -3.07. The zero-order valence-corrected chi connectivity index (χ0v) is 27.9. The van der Waals surface area contributed by atoms with Gasteiger partial charge in [-0.1, -0.05) is 30.1 Å². The fourth-order valence-electron chi connectivity index (χ4n) is 5.53. The molecule has 1 unspecified atom stereocenters. The number of nitrogens with zero attached hydrogens (tertiary/aromatic N) is 1. The van der Waals surface area contributed by atoms with Crippen LogP contribution < -0.4 is 21.9 Å². The number of H-pyrrole nitrogens is 1. The third-order valence-corrected chi connectivity index (χ3v) is 10.2. The van der Waals surface area contributed by atoms with Crippen molar-refractivity contribution in [2.75, 3.05) is 18.8 Å². The lowest BCUT2D eigenvalue weighted by Crippen LogP contribution is -2.49. The number of aromatic nitrogens is 2. The summed E-state index contributed by atoms with van der Waals surface area (Å²) in [6.07, 6.45) is -4.82. The Labute approximate surface area is 273 Å². The molecule has 3 N–H and O–H groups in total. The third-order valence-electron chi connectivity index (χ3n) is 7.72. The van der Waals surface area contributed by atoms with Gasteiger partial charge >= 0.3 is 18.0 Å². The van der Waals surface area contributed by atoms with E-state index in [-0.39, 0.29) is 39.1 Å². The maximum atomic E-state index is 14.6. The third kappa shape index (κ3) is 8.07. The van der Waals surface area contributed by atoms with E-state index in [1.807, 2.05) is 0 Å². The van der Waals surface area contributed by atoms with Crippen LogP contribution in [-0.4, -0.2) is 54.5 Å². The number of amides is 1. The summed E-state index contributed by atoms with van der Waals surface area (Å²) in [4.78, 5) is 41.8. The number of ether oxygens (including phenoxy) is 1. The number of hydrogen-bond acceptors (Lipinski definition) is 7. The molecule has 252 valence electrons. The normalized spacial score (nSPS) is 16.8. The molecule has 1 fully saturated rings. The lowest BCUT2D eigenvalue weighted by molar-refractivity contribution is -0.138. The number of benzene rings is 2. The Morgan fingerprint density at radius 2 is 1.87 bits per heavy atom. The number of halogens is 5. The van der Waals surface area contributed by atoms with Crippen molar-refractivity contribution in [1.82, 2.24) is 20.2 Å². The average Bonchev–Trinajstić information content (AvgIpc) is 2.95. The highest BCUT2D eigenvalue weighted by molar-refractivity contribution is 7.91. The number of rotatable bonds is 8. The van der Waals surface area contributed by atoms with Gasteiger partial charge in [-0.25, -0.2) is 18.0 Å². The second kappa shape index (κ2) is 13.6. The monoisotopic (exact) mass is 706 g/mol. The molecule has 0 radical (unpaired) electrons. The minimum Gasteiger partial charge on any atom is -0.444 e. The fourth-order valence-corrected chi connectivity index (χ4v) is 7.16. The average molecular weight is 708 g/mol. The molecule has 1 aliphatic rings. The van der Waals surface area contributed by atoms with Gasteiger partial charge in [-0.2, -0.15) is 13.2 Å². The van der Waals surface area contributed by atoms with Crippen molar-refractivity contribution in [3.05, 3.63) is 71.8 Å². The van der Waals surface area contributed by atoms with E-state index >= 15 is 0 Å². The summed E-state index contributed by atoms with van der Waals surface area (Å²) in [5, 5.41) is 5.00. The molecule has 0 spiro atoms. The van der Waals surface area contributed by atoms with E-state index in [4.69, 9.17) is 27.9 Å². The predicted molar refractivity (Wildman–Crippen MR) is 170 cm³/mol. The molecule has 3 aromatic rings. The van der Waals surface area contributed by atoms with Crippen LogP contribution >= 0.6 is 23.2 Å². The lowest BCUT2D eigenvalue weighted by atomic mass is 9.86. The molecule has 0 saturated carbocycles. The summed E-state index contributed by atoms with van der Waals surface area (Å²) in [5.74, 6) is -0.550. The maximum Gasteiger partial charge on any atom is 0.416 e. The second-order valence-corrected chi connectivity index (χ2v) is 15.2. The van der Waals surface area contributed by atoms with Crippen LogP contribution in [0.1, 0.15) is 57.2 Å². The van der Waals surface area contributed by atoms with Gasteiger partial charge in [0.2, 0.25) is 0 Å². The van der Waals surface area contributed by atoms with Crippen LogP contribution in [0.25, 0.3) is 10.9 Å². The molecular formula is C30H35Cl2F3N4O6S. The summed E-state index contributed by atoms with van der Waals surface area (Å²) in [7, 11) is -3.81. The topological polar surface area (TPSA) is 139 Å². The van der Waals surface area contributed by atoms with Crippen molar-refractivity contribution in [3.8, 4) is 0 Å². The van der Waals surface area contributed by atoms with Crippen LogP contribution in [0.3, 0.4) is 0 Å². The molecule has 2 aromatic carbocycles. The SMILES string of the molecule is CCS(=O)(=O)c1ccc(Cl)cc1Cn1c(=O)[nH]c2c(Cl)c(C[C@@H](NC(=O)OC(C)(C)C)C3CCCNC3)c(C(F)(F)F)cc2c1=O. The molecule has 0 bridgehead atoms. The number of piperidine rings is 1.